The number of hydrogen-bond acceptors (Lipinski definition) is 4. The number of benzene rings is 2. The highest BCUT2D eigenvalue weighted by molar-refractivity contribution is 7.25. The van der Waals surface area contributed by atoms with Gasteiger partial charge in [-0.25, -0.2) is 9.26 Å². The van der Waals surface area contributed by atoms with Crippen LogP contribution < -0.4 is 9.88 Å². The van der Waals surface area contributed by atoms with Crippen LogP contribution in [0, 0.1) is 0 Å². The van der Waals surface area contributed by atoms with E-state index in [0.717, 1.165) is 41.2 Å². The fourth-order valence-corrected chi connectivity index (χ4v) is 9.10. The standard InChI is InChI=1S/C36H29F3N6S/c1-3-35(4-2)23(20-44-26(18-30(42-44)36(37,38)39)25-12-7-8-17-43(25)35)33-22-14-15-29-32(21-10-5-6-13-28(21)46-29)31(22)27-19-41-24-11-9-16-40-34(24)45(27)33/h5-18,20,33,41H,3-4,19H2,1-2H3/q+2. The molecular weight excluding hydrogens is 605 g/mol. The van der Waals surface area contributed by atoms with Gasteiger partial charge in [0.05, 0.1) is 12.1 Å². The number of alkyl halides is 3. The molecule has 4 aromatic heterocycles. The summed E-state index contributed by atoms with van der Waals surface area (Å²) in [5.41, 5.74) is 4.93. The lowest BCUT2D eigenvalue weighted by Crippen LogP contribution is -2.58. The Hall–Kier alpha value is -4.83. The van der Waals surface area contributed by atoms with Gasteiger partial charge in [0, 0.05) is 68.5 Å². The van der Waals surface area contributed by atoms with Gasteiger partial charge in [-0.05, 0) is 35.3 Å². The first-order valence-corrected chi connectivity index (χ1v) is 16.3. The van der Waals surface area contributed by atoms with E-state index in [9.17, 15) is 13.2 Å². The molecule has 1 atom stereocenters. The first-order chi connectivity index (χ1) is 22.3. The second-order valence-corrected chi connectivity index (χ2v) is 13.2. The van der Waals surface area contributed by atoms with Gasteiger partial charge in [-0.15, -0.1) is 11.3 Å². The molecule has 6 nitrogen and oxygen atoms in total. The molecule has 0 saturated carbocycles. The SMILES string of the molecule is CCC1(CC)C(C2c3ccc4sc5ccccc5c4c3C3=[N+]2c2ncccc2NC3)=Cn2nc(C(F)(F)F)cc2-c2cccc[n+]21. The summed E-state index contributed by atoms with van der Waals surface area (Å²) in [6.07, 6.45) is 2.56. The number of nitrogens with zero attached hydrogens (tertiary/aromatic N) is 5. The van der Waals surface area contributed by atoms with Crippen LogP contribution in [0.25, 0.3) is 37.8 Å². The molecule has 1 N–H and O–H groups in total. The van der Waals surface area contributed by atoms with Crippen molar-refractivity contribution in [1.29, 1.82) is 0 Å². The Balaban J connectivity index is 1.42. The molecule has 0 saturated heterocycles. The van der Waals surface area contributed by atoms with Gasteiger partial charge in [0.15, 0.2) is 23.5 Å². The first-order valence-electron chi connectivity index (χ1n) is 15.5. The largest absolute Gasteiger partial charge is 0.435 e. The Kier molecular flexibility index (Phi) is 5.73. The molecule has 0 amide bonds. The van der Waals surface area contributed by atoms with Crippen molar-refractivity contribution in [3.05, 3.63) is 108 Å². The Morgan fingerprint density at radius 2 is 1.83 bits per heavy atom. The Morgan fingerprint density at radius 1 is 1.00 bits per heavy atom. The van der Waals surface area contributed by atoms with Gasteiger partial charge in [-0.2, -0.15) is 22.8 Å². The minimum atomic E-state index is -4.58. The van der Waals surface area contributed by atoms with Crippen LogP contribution in [-0.4, -0.2) is 31.6 Å². The molecule has 1 unspecified atom stereocenters. The van der Waals surface area contributed by atoms with Crippen LogP contribution in [0.2, 0.25) is 0 Å². The van der Waals surface area contributed by atoms with E-state index in [1.165, 1.54) is 36.5 Å². The van der Waals surface area contributed by atoms with Gasteiger partial charge in [0.1, 0.15) is 23.3 Å². The number of halogens is 3. The molecule has 6 aromatic rings. The van der Waals surface area contributed by atoms with E-state index < -0.39 is 17.4 Å². The van der Waals surface area contributed by atoms with E-state index in [1.807, 2.05) is 42.7 Å². The van der Waals surface area contributed by atoms with Crippen molar-refractivity contribution in [3.63, 3.8) is 0 Å². The molecule has 0 fully saturated rings. The minimum Gasteiger partial charge on any atom is -0.370 e. The second kappa shape index (κ2) is 9.59. The highest BCUT2D eigenvalue weighted by atomic mass is 32.1. The van der Waals surface area contributed by atoms with Crippen molar-refractivity contribution in [2.45, 2.75) is 44.4 Å². The minimum absolute atomic E-state index is 0.339. The maximum Gasteiger partial charge on any atom is 0.435 e. The van der Waals surface area contributed by atoms with Crippen molar-refractivity contribution in [2.24, 2.45) is 0 Å². The summed E-state index contributed by atoms with van der Waals surface area (Å²) < 4.78 is 50.8. The smallest absolute Gasteiger partial charge is 0.370 e. The van der Waals surface area contributed by atoms with E-state index >= 15 is 0 Å². The van der Waals surface area contributed by atoms with Crippen LogP contribution in [0.5, 0.6) is 0 Å². The summed E-state index contributed by atoms with van der Waals surface area (Å²) >= 11 is 1.78. The maximum absolute atomic E-state index is 14.1. The van der Waals surface area contributed by atoms with Gasteiger partial charge in [-0.3, -0.25) is 0 Å². The van der Waals surface area contributed by atoms with Crippen molar-refractivity contribution in [1.82, 2.24) is 14.8 Å². The van der Waals surface area contributed by atoms with Crippen LogP contribution in [0.4, 0.5) is 24.7 Å². The van der Waals surface area contributed by atoms with Crippen molar-refractivity contribution >= 4 is 54.9 Å². The zero-order valence-electron chi connectivity index (χ0n) is 25.1. The lowest BCUT2D eigenvalue weighted by molar-refractivity contribution is -0.749. The molecule has 228 valence electrons. The fraction of sp³-hybridized carbons (Fsp3) is 0.222. The number of hydrogen-bond donors (Lipinski definition) is 1. The van der Waals surface area contributed by atoms with Crippen LogP contribution >= 0.6 is 11.3 Å². The molecule has 0 aliphatic carbocycles. The van der Waals surface area contributed by atoms with Crippen molar-refractivity contribution in [3.8, 4) is 11.4 Å². The summed E-state index contributed by atoms with van der Waals surface area (Å²) in [7, 11) is 0. The number of nitrogens with one attached hydrogen (secondary N) is 1. The topological polar surface area (TPSA) is 49.6 Å². The highest BCUT2D eigenvalue weighted by Gasteiger charge is 2.55. The monoisotopic (exact) mass is 634 g/mol. The zero-order valence-corrected chi connectivity index (χ0v) is 26.0. The summed E-state index contributed by atoms with van der Waals surface area (Å²) in [4.78, 5) is 4.91. The first kappa shape index (κ1) is 27.5. The third-order valence-corrected chi connectivity index (χ3v) is 11.2. The number of thiophene rings is 1. The third-order valence-electron chi connectivity index (χ3n) is 10.0. The van der Waals surface area contributed by atoms with E-state index in [0.29, 0.717) is 17.9 Å². The van der Waals surface area contributed by atoms with Crippen molar-refractivity contribution in [2.75, 3.05) is 11.9 Å². The van der Waals surface area contributed by atoms with Gasteiger partial charge in [0.25, 0.3) is 0 Å². The van der Waals surface area contributed by atoms with Gasteiger partial charge < -0.3 is 5.32 Å². The fourth-order valence-electron chi connectivity index (χ4n) is 7.99. The van der Waals surface area contributed by atoms with E-state index in [4.69, 9.17) is 4.98 Å². The number of pyridine rings is 2. The third kappa shape index (κ3) is 3.58. The van der Waals surface area contributed by atoms with Gasteiger partial charge in [-0.1, -0.05) is 38.1 Å². The normalized spacial score (nSPS) is 17.9. The quantitative estimate of drug-likeness (QED) is 0.199. The molecular formula is C36H29F3N6S+2. The zero-order chi connectivity index (χ0) is 31.4. The predicted molar refractivity (Wildman–Crippen MR) is 175 cm³/mol. The van der Waals surface area contributed by atoms with E-state index in [-0.39, 0.29) is 6.04 Å². The average molecular weight is 635 g/mol. The van der Waals surface area contributed by atoms with E-state index in [2.05, 4.69) is 69.8 Å². The van der Waals surface area contributed by atoms with Crippen molar-refractivity contribution < 1.29 is 22.3 Å². The number of rotatable bonds is 3. The number of fused-ring (bicyclic) bond motifs is 11. The molecule has 0 radical (unpaired) electrons. The van der Waals surface area contributed by atoms with Crippen LogP contribution in [0.15, 0.2) is 90.8 Å². The number of aromatic nitrogens is 4. The van der Waals surface area contributed by atoms with Gasteiger partial charge in [0.2, 0.25) is 5.69 Å². The summed E-state index contributed by atoms with van der Waals surface area (Å²) in [5, 5.41) is 10.2. The molecule has 3 aliphatic rings. The second-order valence-electron chi connectivity index (χ2n) is 12.1. The molecule has 7 heterocycles. The Bertz CT molecular complexity index is 2310. The molecule has 46 heavy (non-hydrogen) atoms. The maximum atomic E-state index is 14.1. The lowest BCUT2D eigenvalue weighted by atomic mass is 9.77. The molecule has 9 rings (SSSR count). The summed E-state index contributed by atoms with van der Waals surface area (Å²) in [6, 6.07) is 23.4. The number of anilines is 1. The molecule has 0 spiro atoms. The average Bonchev–Trinajstić information content (AvgIpc) is 3.75. The van der Waals surface area contributed by atoms with Crippen LogP contribution in [0.3, 0.4) is 0 Å². The summed E-state index contributed by atoms with van der Waals surface area (Å²) in [6.45, 7) is 4.92. The van der Waals surface area contributed by atoms with Crippen LogP contribution in [-0.2, 0) is 11.7 Å². The predicted octanol–water partition coefficient (Wildman–Crippen LogP) is 8.30. The Morgan fingerprint density at radius 3 is 2.65 bits per heavy atom. The molecule has 10 heteroatoms. The summed E-state index contributed by atoms with van der Waals surface area (Å²) in [5.74, 6) is 0.804. The van der Waals surface area contributed by atoms with Gasteiger partial charge >= 0.3 is 12.0 Å². The lowest BCUT2D eigenvalue weighted by Gasteiger charge is -2.32. The highest BCUT2D eigenvalue weighted by Crippen LogP contribution is 2.52. The molecule has 3 aliphatic heterocycles. The Labute approximate surface area is 266 Å². The molecule has 0 bridgehead atoms. The van der Waals surface area contributed by atoms with E-state index in [1.54, 1.807) is 17.5 Å². The van der Waals surface area contributed by atoms with Crippen LogP contribution in [0.1, 0.15) is 49.6 Å². The molecule has 2 aromatic carbocycles.